The minimum absolute atomic E-state index is 0.00299. The molecule has 2 aromatic rings. The van der Waals surface area contributed by atoms with Gasteiger partial charge in [0.25, 0.3) is 0 Å². The van der Waals surface area contributed by atoms with Gasteiger partial charge in [0.15, 0.2) is 0 Å². The van der Waals surface area contributed by atoms with Gasteiger partial charge in [-0.15, -0.1) is 0 Å². The lowest BCUT2D eigenvalue weighted by atomic mass is 10.1. The lowest BCUT2D eigenvalue weighted by molar-refractivity contribution is -0.116. The number of hydrogen-bond acceptors (Lipinski definition) is 2. The van der Waals surface area contributed by atoms with Gasteiger partial charge in [0.1, 0.15) is 0 Å². The van der Waals surface area contributed by atoms with E-state index in [0.717, 1.165) is 36.3 Å². The molecule has 0 bridgehead atoms. The molecule has 0 unspecified atom stereocenters. The van der Waals surface area contributed by atoms with Crippen LogP contribution in [0.1, 0.15) is 23.1 Å². The number of para-hydroxylation sites is 1. The Morgan fingerprint density at radius 2 is 2.04 bits per heavy atom. The number of nitrogens with zero attached hydrogens (tertiary/aromatic N) is 1. The Morgan fingerprint density at radius 3 is 2.83 bits per heavy atom. The lowest BCUT2D eigenvalue weighted by Crippen LogP contribution is -2.26. The fourth-order valence-corrected chi connectivity index (χ4v) is 3.52. The summed E-state index contributed by atoms with van der Waals surface area (Å²) >= 11 is 6.25. The summed E-state index contributed by atoms with van der Waals surface area (Å²) in [5.74, 6) is 0.00299. The first-order valence-electron chi connectivity index (χ1n) is 7.94. The predicted octanol–water partition coefficient (Wildman–Crippen LogP) is 4.35. The topological polar surface area (TPSA) is 32.3 Å². The van der Waals surface area contributed by atoms with Crippen molar-refractivity contribution >= 4 is 28.9 Å². The molecule has 3 nitrogen and oxygen atoms in total. The molecule has 1 aliphatic heterocycles. The van der Waals surface area contributed by atoms with Crippen molar-refractivity contribution in [1.29, 1.82) is 0 Å². The number of rotatable bonds is 4. The van der Waals surface area contributed by atoms with Crippen molar-refractivity contribution in [3.8, 4) is 0 Å². The molecule has 1 aliphatic rings. The molecule has 0 aliphatic carbocycles. The van der Waals surface area contributed by atoms with E-state index in [-0.39, 0.29) is 5.91 Å². The number of hydrogen-bond donors (Lipinski definition) is 1. The van der Waals surface area contributed by atoms with Crippen LogP contribution in [0.4, 0.5) is 11.4 Å². The third kappa shape index (κ3) is 3.50. The second-order valence-corrected chi connectivity index (χ2v) is 6.51. The first kappa shape index (κ1) is 15.9. The van der Waals surface area contributed by atoms with Crippen molar-refractivity contribution < 1.29 is 4.79 Å². The van der Waals surface area contributed by atoms with Crippen LogP contribution < -0.4 is 10.2 Å². The second-order valence-electron chi connectivity index (χ2n) is 6.10. The van der Waals surface area contributed by atoms with Crippen LogP contribution in [0.2, 0.25) is 5.02 Å². The molecule has 0 fully saturated rings. The average Bonchev–Trinajstić information content (AvgIpc) is 2.92. The van der Waals surface area contributed by atoms with E-state index in [1.165, 1.54) is 11.3 Å². The van der Waals surface area contributed by atoms with E-state index >= 15 is 0 Å². The standard InChI is InChI=1S/C19H21ClN2O/c1-13-11-14(2)19(16(20)12-13)21-18(23)8-10-22-9-7-15-5-3-4-6-17(15)22/h3-6,11-12H,7-10H2,1-2H3,(H,21,23). The highest BCUT2D eigenvalue weighted by atomic mass is 35.5. The predicted molar refractivity (Wildman–Crippen MR) is 96.5 cm³/mol. The molecule has 3 rings (SSSR count). The number of carbonyl (C=O) groups is 1. The largest absolute Gasteiger partial charge is 0.370 e. The molecule has 0 spiro atoms. The van der Waals surface area contributed by atoms with Gasteiger partial charge < -0.3 is 10.2 Å². The van der Waals surface area contributed by atoms with Gasteiger partial charge in [-0.05, 0) is 49.1 Å². The van der Waals surface area contributed by atoms with E-state index in [2.05, 4.69) is 28.4 Å². The van der Waals surface area contributed by atoms with Crippen LogP contribution >= 0.6 is 11.6 Å². The molecule has 2 aromatic carbocycles. The molecular formula is C19H21ClN2O. The summed E-state index contributed by atoms with van der Waals surface area (Å²) < 4.78 is 0. The molecule has 0 radical (unpaired) electrons. The number of aryl methyl sites for hydroxylation is 2. The maximum Gasteiger partial charge on any atom is 0.226 e. The van der Waals surface area contributed by atoms with Gasteiger partial charge in [-0.1, -0.05) is 35.9 Å². The quantitative estimate of drug-likeness (QED) is 0.905. The van der Waals surface area contributed by atoms with E-state index in [4.69, 9.17) is 11.6 Å². The maximum absolute atomic E-state index is 12.3. The van der Waals surface area contributed by atoms with Crippen LogP contribution in [0.5, 0.6) is 0 Å². The SMILES string of the molecule is Cc1cc(C)c(NC(=O)CCN2CCc3ccccc32)c(Cl)c1. The van der Waals surface area contributed by atoms with Crippen LogP contribution in [-0.4, -0.2) is 19.0 Å². The highest BCUT2D eigenvalue weighted by Crippen LogP contribution is 2.29. The summed E-state index contributed by atoms with van der Waals surface area (Å²) in [5.41, 5.74) is 5.44. The van der Waals surface area contributed by atoms with Gasteiger partial charge in [0.2, 0.25) is 5.91 Å². The summed E-state index contributed by atoms with van der Waals surface area (Å²) in [6, 6.07) is 12.3. The van der Waals surface area contributed by atoms with Crippen molar-refractivity contribution in [3.05, 3.63) is 58.1 Å². The monoisotopic (exact) mass is 328 g/mol. The number of fused-ring (bicyclic) bond motifs is 1. The van der Waals surface area contributed by atoms with Crippen LogP contribution in [0, 0.1) is 13.8 Å². The van der Waals surface area contributed by atoms with Crippen molar-refractivity contribution in [1.82, 2.24) is 0 Å². The molecule has 23 heavy (non-hydrogen) atoms. The second kappa shape index (κ2) is 6.63. The number of anilines is 2. The van der Waals surface area contributed by atoms with Gasteiger partial charge in [-0.3, -0.25) is 4.79 Å². The van der Waals surface area contributed by atoms with E-state index in [1.807, 2.05) is 32.0 Å². The van der Waals surface area contributed by atoms with Gasteiger partial charge in [-0.25, -0.2) is 0 Å². The Morgan fingerprint density at radius 1 is 1.26 bits per heavy atom. The summed E-state index contributed by atoms with van der Waals surface area (Å²) in [5, 5.41) is 3.56. The Kier molecular flexibility index (Phi) is 4.58. The molecule has 1 N–H and O–H groups in total. The molecule has 0 aromatic heterocycles. The Hall–Kier alpha value is -2.00. The van der Waals surface area contributed by atoms with E-state index < -0.39 is 0 Å². The molecule has 0 atom stereocenters. The minimum Gasteiger partial charge on any atom is -0.370 e. The van der Waals surface area contributed by atoms with Gasteiger partial charge in [0, 0.05) is 25.2 Å². The van der Waals surface area contributed by atoms with Gasteiger partial charge >= 0.3 is 0 Å². The van der Waals surface area contributed by atoms with Crippen molar-refractivity contribution in [3.63, 3.8) is 0 Å². The van der Waals surface area contributed by atoms with E-state index in [9.17, 15) is 4.79 Å². The Labute approximate surface area is 142 Å². The Balaban J connectivity index is 1.61. The third-order valence-electron chi connectivity index (χ3n) is 4.29. The number of halogens is 1. The smallest absolute Gasteiger partial charge is 0.226 e. The van der Waals surface area contributed by atoms with Gasteiger partial charge in [-0.2, -0.15) is 0 Å². The molecule has 1 heterocycles. The van der Waals surface area contributed by atoms with Crippen molar-refractivity contribution in [2.45, 2.75) is 26.7 Å². The Bertz CT molecular complexity index is 719. The first-order chi connectivity index (χ1) is 11.0. The van der Waals surface area contributed by atoms with Crippen molar-refractivity contribution in [2.75, 3.05) is 23.3 Å². The summed E-state index contributed by atoms with van der Waals surface area (Å²) in [6.45, 7) is 5.67. The number of benzene rings is 2. The number of carbonyl (C=O) groups excluding carboxylic acids is 1. The molecular weight excluding hydrogens is 308 g/mol. The zero-order chi connectivity index (χ0) is 16.4. The minimum atomic E-state index is 0.00299. The molecule has 4 heteroatoms. The average molecular weight is 329 g/mol. The van der Waals surface area contributed by atoms with Crippen LogP contribution in [-0.2, 0) is 11.2 Å². The third-order valence-corrected chi connectivity index (χ3v) is 4.59. The number of amides is 1. The summed E-state index contributed by atoms with van der Waals surface area (Å²) in [4.78, 5) is 14.6. The molecule has 1 amide bonds. The van der Waals surface area contributed by atoms with E-state index in [0.29, 0.717) is 11.4 Å². The molecule has 0 saturated heterocycles. The normalized spacial score (nSPS) is 13.1. The first-order valence-corrected chi connectivity index (χ1v) is 8.32. The van der Waals surface area contributed by atoms with E-state index in [1.54, 1.807) is 0 Å². The zero-order valence-electron chi connectivity index (χ0n) is 13.5. The van der Waals surface area contributed by atoms with Crippen LogP contribution in [0.25, 0.3) is 0 Å². The van der Waals surface area contributed by atoms with Crippen LogP contribution in [0.3, 0.4) is 0 Å². The number of nitrogens with one attached hydrogen (secondary N) is 1. The molecule has 0 saturated carbocycles. The summed E-state index contributed by atoms with van der Waals surface area (Å²) in [7, 11) is 0. The van der Waals surface area contributed by atoms with Gasteiger partial charge in [0.05, 0.1) is 10.7 Å². The highest BCUT2D eigenvalue weighted by Gasteiger charge is 2.19. The lowest BCUT2D eigenvalue weighted by Gasteiger charge is -2.19. The van der Waals surface area contributed by atoms with Crippen molar-refractivity contribution in [2.24, 2.45) is 0 Å². The zero-order valence-corrected chi connectivity index (χ0v) is 14.3. The summed E-state index contributed by atoms with van der Waals surface area (Å²) in [6.07, 6.45) is 1.51. The fraction of sp³-hybridized carbons (Fsp3) is 0.316. The highest BCUT2D eigenvalue weighted by molar-refractivity contribution is 6.34. The fourth-order valence-electron chi connectivity index (χ4n) is 3.15. The van der Waals surface area contributed by atoms with Crippen LogP contribution in [0.15, 0.2) is 36.4 Å². The maximum atomic E-state index is 12.3. The molecule has 120 valence electrons.